The Kier molecular flexibility index (Phi) is 6.54. The van der Waals surface area contributed by atoms with Gasteiger partial charge in [0.15, 0.2) is 0 Å². The summed E-state index contributed by atoms with van der Waals surface area (Å²) >= 11 is 0. The lowest BCUT2D eigenvalue weighted by Gasteiger charge is -2.23. The summed E-state index contributed by atoms with van der Waals surface area (Å²) in [5.74, 6) is 1.02. The van der Waals surface area contributed by atoms with E-state index >= 15 is 0 Å². The van der Waals surface area contributed by atoms with E-state index in [2.05, 4.69) is 44.7 Å². The number of aromatic nitrogens is 5. The van der Waals surface area contributed by atoms with Gasteiger partial charge in [-0.3, -0.25) is 4.68 Å². The fourth-order valence-corrected chi connectivity index (χ4v) is 5.16. The average molecular weight is 497 g/mol. The number of aryl methyl sites for hydroxylation is 1. The molecule has 4 aromatic rings. The van der Waals surface area contributed by atoms with E-state index in [1.807, 2.05) is 31.8 Å². The Balaban J connectivity index is 0.00000137. The molecule has 34 heavy (non-hydrogen) atoms. The van der Waals surface area contributed by atoms with Crippen LogP contribution < -0.4 is 10.2 Å². The zero-order valence-corrected chi connectivity index (χ0v) is 20.4. The summed E-state index contributed by atoms with van der Waals surface area (Å²) in [7, 11) is 1.90. The molecule has 2 fully saturated rings. The first kappa shape index (κ1) is 24.0. The highest BCUT2D eigenvalue weighted by atomic mass is 35.5. The lowest BCUT2D eigenvalue weighted by Crippen LogP contribution is -2.29. The maximum atomic E-state index is 9.63. The third kappa shape index (κ3) is 4.00. The Labute approximate surface area is 210 Å². The summed E-state index contributed by atoms with van der Waals surface area (Å²) in [4.78, 5) is 7.22. The first-order chi connectivity index (χ1) is 15.6. The molecule has 8 nitrogen and oxygen atoms in total. The first-order valence-electron chi connectivity index (χ1n) is 11.0. The molecule has 176 valence electrons. The number of pyridine rings is 2. The zero-order valence-electron chi connectivity index (χ0n) is 18.8. The number of hydrogen-bond donors (Lipinski definition) is 1. The van der Waals surface area contributed by atoms with Crippen LogP contribution >= 0.6 is 24.8 Å². The Bertz CT molecular complexity index is 1350. The van der Waals surface area contributed by atoms with E-state index < -0.39 is 0 Å². The minimum absolute atomic E-state index is 0. The van der Waals surface area contributed by atoms with E-state index in [1.54, 1.807) is 15.4 Å². The van der Waals surface area contributed by atoms with E-state index in [4.69, 9.17) is 4.98 Å². The molecule has 6 rings (SSSR count). The van der Waals surface area contributed by atoms with Crippen molar-refractivity contribution in [1.82, 2.24) is 29.7 Å². The Morgan fingerprint density at radius 3 is 2.59 bits per heavy atom. The number of anilines is 1. The van der Waals surface area contributed by atoms with E-state index in [1.165, 1.54) is 12.8 Å². The molecule has 2 saturated heterocycles. The van der Waals surface area contributed by atoms with Gasteiger partial charge in [0.05, 0.1) is 23.5 Å². The van der Waals surface area contributed by atoms with Crippen LogP contribution in [0.25, 0.3) is 27.8 Å². The monoisotopic (exact) mass is 496 g/mol. The zero-order chi connectivity index (χ0) is 21.7. The van der Waals surface area contributed by atoms with E-state index in [0.717, 1.165) is 59.8 Å². The molecule has 1 N–H and O–H groups in total. The van der Waals surface area contributed by atoms with Crippen LogP contribution in [-0.4, -0.2) is 50.6 Å². The van der Waals surface area contributed by atoms with Gasteiger partial charge in [0, 0.05) is 72.9 Å². The Hall–Kier alpha value is -3.12. The molecular weight excluding hydrogens is 471 g/mol. The standard InChI is InChI=1S/C24H24N8.2ClH/c1-30-13-20(12-28-30)18-8-21(23-19(9-25)11-29-32(23)14-18)17-2-3-22(27-10-17)31-7-5-24(16-31)4-6-26-15-24;;/h2-3,8,10-14,26H,4-7,15-16H2,1H3;2*1H. The van der Waals surface area contributed by atoms with Crippen molar-refractivity contribution in [3.63, 3.8) is 0 Å². The van der Waals surface area contributed by atoms with Crippen molar-refractivity contribution in [2.45, 2.75) is 12.8 Å². The highest BCUT2D eigenvalue weighted by molar-refractivity contribution is 5.87. The van der Waals surface area contributed by atoms with Crippen LogP contribution in [0.4, 0.5) is 5.82 Å². The normalized spacial score (nSPS) is 19.2. The number of nitrogens with zero attached hydrogens (tertiary/aromatic N) is 7. The molecule has 1 atom stereocenters. The van der Waals surface area contributed by atoms with E-state index in [0.29, 0.717) is 11.0 Å². The van der Waals surface area contributed by atoms with Gasteiger partial charge in [0.2, 0.25) is 0 Å². The van der Waals surface area contributed by atoms with Crippen LogP contribution in [-0.2, 0) is 7.05 Å². The van der Waals surface area contributed by atoms with E-state index in [9.17, 15) is 5.26 Å². The molecule has 0 aromatic carbocycles. The number of fused-ring (bicyclic) bond motifs is 1. The van der Waals surface area contributed by atoms with E-state index in [-0.39, 0.29) is 24.8 Å². The molecule has 6 heterocycles. The minimum atomic E-state index is 0. The second-order valence-electron chi connectivity index (χ2n) is 9.01. The second kappa shape index (κ2) is 9.26. The summed E-state index contributed by atoms with van der Waals surface area (Å²) in [5, 5.41) is 21.9. The van der Waals surface area contributed by atoms with Gasteiger partial charge >= 0.3 is 0 Å². The van der Waals surface area contributed by atoms with Crippen LogP contribution in [0, 0.1) is 16.7 Å². The predicted octanol–water partition coefficient (Wildman–Crippen LogP) is 3.70. The predicted molar refractivity (Wildman–Crippen MR) is 137 cm³/mol. The molecular formula is C24H26Cl2N8. The van der Waals surface area contributed by atoms with Crippen LogP contribution in [0.5, 0.6) is 0 Å². The number of hydrogen-bond acceptors (Lipinski definition) is 6. The van der Waals surface area contributed by atoms with Gasteiger partial charge in [0.1, 0.15) is 11.9 Å². The molecule has 4 aromatic heterocycles. The number of nitriles is 1. The molecule has 0 aliphatic carbocycles. The van der Waals surface area contributed by atoms with Crippen LogP contribution in [0.3, 0.4) is 0 Å². The second-order valence-corrected chi connectivity index (χ2v) is 9.01. The van der Waals surface area contributed by atoms with Crippen molar-refractivity contribution in [1.29, 1.82) is 5.26 Å². The summed E-state index contributed by atoms with van der Waals surface area (Å²) in [6, 6.07) is 8.58. The van der Waals surface area contributed by atoms with Crippen molar-refractivity contribution >= 4 is 36.1 Å². The quantitative estimate of drug-likeness (QED) is 0.465. The SMILES string of the molecule is Cl.Cl.Cn1cc(-c2cc(-c3ccc(N4CCC5(CCNC5)C4)nc3)c3c(C#N)cnn3c2)cn1. The molecule has 0 saturated carbocycles. The number of nitrogens with one attached hydrogen (secondary N) is 1. The third-order valence-corrected chi connectivity index (χ3v) is 6.92. The van der Waals surface area contributed by atoms with Crippen molar-refractivity contribution in [2.75, 3.05) is 31.1 Å². The Morgan fingerprint density at radius 1 is 1.03 bits per heavy atom. The molecule has 0 amide bonds. The number of rotatable bonds is 3. The minimum Gasteiger partial charge on any atom is -0.356 e. The van der Waals surface area contributed by atoms with Gasteiger partial charge in [0.25, 0.3) is 0 Å². The molecule has 0 bridgehead atoms. The van der Waals surface area contributed by atoms with Gasteiger partial charge in [-0.15, -0.1) is 24.8 Å². The van der Waals surface area contributed by atoms with Crippen LogP contribution in [0.1, 0.15) is 18.4 Å². The maximum absolute atomic E-state index is 9.63. The molecule has 2 aliphatic heterocycles. The van der Waals surface area contributed by atoms with Crippen molar-refractivity contribution in [2.24, 2.45) is 12.5 Å². The summed E-state index contributed by atoms with van der Waals surface area (Å²) in [6.07, 6.45) is 11.8. The van der Waals surface area contributed by atoms with Gasteiger partial charge in [-0.1, -0.05) is 0 Å². The summed E-state index contributed by atoms with van der Waals surface area (Å²) < 4.78 is 3.56. The fourth-order valence-electron chi connectivity index (χ4n) is 5.16. The van der Waals surface area contributed by atoms with Crippen molar-refractivity contribution < 1.29 is 0 Å². The topological polar surface area (TPSA) is 87.1 Å². The first-order valence-corrected chi connectivity index (χ1v) is 11.0. The smallest absolute Gasteiger partial charge is 0.128 e. The molecule has 1 spiro atoms. The lowest BCUT2D eigenvalue weighted by atomic mass is 9.87. The maximum Gasteiger partial charge on any atom is 0.128 e. The molecule has 2 aliphatic rings. The highest BCUT2D eigenvalue weighted by Crippen LogP contribution is 2.38. The Morgan fingerprint density at radius 2 is 1.91 bits per heavy atom. The summed E-state index contributed by atoms with van der Waals surface area (Å²) in [5.41, 5.74) is 5.66. The van der Waals surface area contributed by atoms with Crippen LogP contribution in [0.15, 0.2) is 49.2 Å². The average Bonchev–Trinajstić information content (AvgIpc) is 3.61. The van der Waals surface area contributed by atoms with Gasteiger partial charge in [-0.25, -0.2) is 9.50 Å². The molecule has 10 heteroatoms. The molecule has 0 radical (unpaired) electrons. The third-order valence-electron chi connectivity index (χ3n) is 6.92. The number of halogens is 2. The van der Waals surface area contributed by atoms with Gasteiger partial charge in [-0.05, 0) is 37.6 Å². The fraction of sp³-hybridized carbons (Fsp3) is 0.333. The van der Waals surface area contributed by atoms with Gasteiger partial charge < -0.3 is 10.2 Å². The van der Waals surface area contributed by atoms with Crippen molar-refractivity contribution in [3.8, 4) is 28.3 Å². The summed E-state index contributed by atoms with van der Waals surface area (Å²) in [6.45, 7) is 4.35. The van der Waals surface area contributed by atoms with Gasteiger partial charge in [-0.2, -0.15) is 15.5 Å². The highest BCUT2D eigenvalue weighted by Gasteiger charge is 2.40. The van der Waals surface area contributed by atoms with Crippen LogP contribution in [0.2, 0.25) is 0 Å². The lowest BCUT2D eigenvalue weighted by molar-refractivity contribution is 0.369. The van der Waals surface area contributed by atoms with Crippen molar-refractivity contribution in [3.05, 3.63) is 54.7 Å². The largest absolute Gasteiger partial charge is 0.356 e. The molecule has 1 unspecified atom stereocenters.